The molecule has 28 nitrogen and oxygen atoms in total. The first-order chi connectivity index (χ1) is 70.1. The quantitative estimate of drug-likeness (QED) is 0.0324. The van der Waals surface area contributed by atoms with Gasteiger partial charge in [-0.05, 0) is 250 Å². The van der Waals surface area contributed by atoms with Crippen molar-refractivity contribution in [2.75, 3.05) is 229 Å². The molecule has 0 spiro atoms. The molecule has 4 heterocycles. The number of hydrogen-bond acceptors (Lipinski definition) is 26. The van der Waals surface area contributed by atoms with Crippen LogP contribution in [0.4, 0.5) is 0 Å². The first-order valence-corrected chi connectivity index (χ1v) is 67.6. The number of carboxylic acids is 2. The SMILES string of the molecule is C1CNCCNCCNCCNCCN1.C=C.CC(C)(C)[C@@H]1CC[C@H]2NCCNCCNCCNCCN[C@@H]2C1.C[C@@H](CNCCC[C@H]1CN[C@@H]2CCCC[C@H]2NCCNCCNCCN1)[C@H]1CCC2C3CCC4C[C@H](O)CC[C@]4(C)C3CC[C@@]21C.NCC[C@@H]1CN[C@@H](CCN)CN[C@@H]2CCCC[C@H]2NCCNCCN1.O=C(O)CCCC1CCCCC1.O=C(O)CCCC1CCCCC1.[Cl][Mn][Cl].[Cl][Mn][Cl].[Cl][Mn][Cl].[Mn]. The van der Waals surface area contributed by atoms with E-state index in [1.807, 2.05) is 0 Å². The summed E-state index contributed by atoms with van der Waals surface area (Å²) in [6, 6.07) is 5.05. The first kappa shape index (κ1) is 141. The Balaban J connectivity index is 0.000000468. The number of nitrogens with two attached hydrogens (primary N) is 2. The number of hydrogen-bond donors (Lipinski definition) is 26. The van der Waals surface area contributed by atoms with Gasteiger partial charge in [-0.2, -0.15) is 0 Å². The molecule has 13 aliphatic rings. The van der Waals surface area contributed by atoms with E-state index in [-0.39, 0.29) is 62.6 Å². The molecule has 19 atom stereocenters. The third-order valence-corrected chi connectivity index (χ3v) is 33.9. The number of rotatable bonds is 19. The Kier molecular flexibility index (Phi) is 89.5. The molecule has 1 radical (unpaired) electrons. The van der Waals surface area contributed by atoms with Crippen molar-refractivity contribution in [3.8, 4) is 0 Å². The molecule has 9 aliphatic carbocycles. The van der Waals surface area contributed by atoms with Gasteiger partial charge in [0, 0.05) is 287 Å². The average molecular weight is 2340 g/mol. The van der Waals surface area contributed by atoms with Crippen molar-refractivity contribution in [2.24, 2.45) is 81.0 Å². The van der Waals surface area contributed by atoms with Gasteiger partial charge in [0.2, 0.25) is 0 Å². The molecule has 862 valence electrons. The molecule has 9 saturated carbocycles. The van der Waals surface area contributed by atoms with Crippen molar-refractivity contribution in [3.05, 3.63) is 13.2 Å². The van der Waals surface area contributed by atoms with E-state index in [0.29, 0.717) is 83.5 Å². The molecule has 0 aromatic heterocycles. The second-order valence-electron chi connectivity index (χ2n) is 44.9. The Morgan fingerprint density at radius 2 is 0.710 bits per heavy atom. The maximum atomic E-state index is 10.4. The van der Waals surface area contributed by atoms with Gasteiger partial charge >= 0.3 is 112 Å². The number of aliphatic hydroxyl groups excluding tert-OH is 1. The van der Waals surface area contributed by atoms with E-state index >= 15 is 0 Å². The normalized spacial score (nSPS) is 31.6. The molecule has 4 unspecified atom stereocenters. The van der Waals surface area contributed by atoms with Crippen LogP contribution >= 0.6 is 60.6 Å². The summed E-state index contributed by atoms with van der Waals surface area (Å²) >= 11 is 0.0208. The zero-order valence-corrected chi connectivity index (χ0v) is 101. The Labute approximate surface area is 939 Å². The number of nitrogens with one attached hydrogen (secondary N) is 21. The predicted molar refractivity (Wildman–Crippen MR) is 604 cm³/mol. The fourth-order valence-corrected chi connectivity index (χ4v) is 25.9. The summed E-state index contributed by atoms with van der Waals surface area (Å²) in [6.07, 6.45) is 49.3. The van der Waals surface area contributed by atoms with Crippen LogP contribution in [0, 0.1) is 69.5 Å². The molecule has 4 saturated heterocycles. The number of aliphatic carboxylic acids is 2. The summed E-state index contributed by atoms with van der Waals surface area (Å²) in [7, 11) is 28.8. The summed E-state index contributed by atoms with van der Waals surface area (Å²) in [5.41, 5.74) is 13.1. The second kappa shape index (κ2) is 92.3. The van der Waals surface area contributed by atoms with Crippen LogP contribution in [-0.4, -0.2) is 317 Å². The molecular weight excluding hydrogens is 2120 g/mol. The van der Waals surface area contributed by atoms with E-state index in [1.165, 1.54) is 199 Å². The van der Waals surface area contributed by atoms with Crippen LogP contribution in [0.3, 0.4) is 0 Å². The Morgan fingerprint density at radius 3 is 1.10 bits per heavy atom. The molecule has 0 aromatic carbocycles. The Bertz CT molecular complexity index is 2880. The van der Waals surface area contributed by atoms with Crippen LogP contribution in [0.5, 0.6) is 0 Å². The van der Waals surface area contributed by atoms with Gasteiger partial charge in [0.25, 0.3) is 0 Å². The van der Waals surface area contributed by atoms with Gasteiger partial charge in [0.15, 0.2) is 0 Å². The first-order valence-electron chi connectivity index (χ1n) is 57.8. The molecule has 13 rings (SSSR count). The van der Waals surface area contributed by atoms with Crippen molar-refractivity contribution in [2.45, 2.75) is 359 Å². The van der Waals surface area contributed by atoms with Crippen molar-refractivity contribution in [3.63, 3.8) is 0 Å². The Morgan fingerprint density at radius 1 is 0.379 bits per heavy atom. The molecule has 13 fully saturated rings. The third kappa shape index (κ3) is 64.5. The number of halogens is 6. The van der Waals surface area contributed by atoms with Gasteiger partial charge in [0.05, 0.1) is 6.10 Å². The van der Waals surface area contributed by atoms with Gasteiger partial charge in [-0.15, -0.1) is 13.2 Å². The van der Waals surface area contributed by atoms with E-state index in [0.717, 1.165) is 327 Å². The minimum Gasteiger partial charge on any atom is 0 e. The van der Waals surface area contributed by atoms with Gasteiger partial charge in [0.1, 0.15) is 0 Å². The van der Waals surface area contributed by atoms with Crippen molar-refractivity contribution in [1.29, 1.82) is 0 Å². The summed E-state index contributed by atoms with van der Waals surface area (Å²) < 4.78 is 0. The molecule has 145 heavy (non-hydrogen) atoms. The third-order valence-electron chi connectivity index (χ3n) is 33.9. The number of carbonyl (C=O) groups is 2. The molecule has 4 aliphatic heterocycles. The van der Waals surface area contributed by atoms with Crippen LogP contribution in [0.1, 0.15) is 298 Å². The second-order valence-corrected chi connectivity index (χ2v) is 50.8. The maximum absolute atomic E-state index is 10.4. The largest absolute Gasteiger partial charge is 0 e. The van der Waals surface area contributed by atoms with Gasteiger partial charge < -0.3 is 138 Å². The minimum absolute atomic E-state index is 0. The molecule has 0 aromatic rings. The van der Waals surface area contributed by atoms with E-state index in [4.69, 9.17) is 82.3 Å². The van der Waals surface area contributed by atoms with E-state index in [9.17, 15) is 14.7 Å². The van der Waals surface area contributed by atoms with Crippen LogP contribution in [0.15, 0.2) is 13.2 Å². The van der Waals surface area contributed by atoms with E-state index < -0.39 is 11.9 Å². The monoisotopic (exact) mass is 2340 g/mol. The summed E-state index contributed by atoms with van der Waals surface area (Å²) in [6.45, 7) is 57.3. The fraction of sp³-hybridized carbons (Fsp3) is 0.963. The maximum Gasteiger partial charge on any atom is 0 e. The smallest absolute Gasteiger partial charge is 0 e. The van der Waals surface area contributed by atoms with Crippen LogP contribution in [0.25, 0.3) is 0 Å². The standard InChI is InChI=1S/C39H74N6O.C18H41N7.C18H39N5.C10H25N5.2C10H18O2.C2H4.6ClH.4Mn/c1-28(33-12-13-34-32-11-10-29-25-31(46)14-16-38(29,2)35(32)15-17-39(33,34)3)26-42-18-6-7-30-27-45-37-9-5-4-8-36(37)44-24-22-41-20-19-40-21-23-43-30;19-7-5-15-13-24-16(6-8-20)14-25-18-4-2-1-3-17(18)23-12-10-21-9-11-22-15;1-18(2,3)15-4-5-16-17(14-15)23-13-11-21-9-7-19-6-8-20-10-12-22-16;1-2-12-5-6-14-9-10-15-8-7-13-4-3-11-1;2*11-10(12)8-4-7-9-5-2-1-3-6-9;1-2;;;;;;;;;;/h28-37,40-46H,4-27H2,1-3H3;15-18,21-25H,1-14,19-20H2;15-17,19-23H,4-14H2,1-3H3;11-15H,1-10H2;2*9H,1-8H2,(H,11,12);1-2H2;6*1H;;;;/q;;;;;;;;;;;;;;3*+2/p-6/t28-,29?,30-,31+,32?,33+,34?,35?,36+,37+,38-,39+;15-,16+,17-,18-;15-,16-,17-;;;;;;;;;;;;;;/m011............../s1. The van der Waals surface area contributed by atoms with Crippen LogP contribution in [-0.2, 0) is 66.1 Å². The minimum atomic E-state index is -0.647. The number of carboxylic acid groups (broad SMARTS) is 2. The van der Waals surface area contributed by atoms with Crippen molar-refractivity contribution in [1.82, 2.24) is 112 Å². The molecular formula is C107H219Cl6Mn4N23O5. The van der Waals surface area contributed by atoms with Crippen molar-refractivity contribution >= 4 is 72.5 Å². The molecule has 38 heteroatoms. The molecule has 28 N–H and O–H groups in total. The van der Waals surface area contributed by atoms with Crippen LogP contribution in [0.2, 0.25) is 0 Å². The van der Waals surface area contributed by atoms with Gasteiger partial charge in [-0.25, -0.2) is 0 Å². The molecule has 0 bridgehead atoms. The summed E-state index contributed by atoms with van der Waals surface area (Å²) in [5.74, 6) is 6.39. The number of aliphatic hydroxyl groups is 1. The zero-order valence-electron chi connectivity index (χ0n) is 91.5. The predicted octanol–water partition coefficient (Wildman–Crippen LogP) is 12.4. The zero-order chi connectivity index (χ0) is 105. The van der Waals surface area contributed by atoms with Crippen LogP contribution < -0.4 is 123 Å². The van der Waals surface area contributed by atoms with Gasteiger partial charge in [-0.1, -0.05) is 131 Å². The number of fused-ring (bicyclic) bond motifs is 8. The van der Waals surface area contributed by atoms with Gasteiger partial charge in [-0.3, -0.25) is 9.59 Å². The summed E-state index contributed by atoms with van der Waals surface area (Å²) in [4.78, 5) is 20.5. The average Bonchev–Trinajstić information content (AvgIpc) is 1.63. The molecule has 0 amide bonds. The Hall–Kier alpha value is 1.54. The van der Waals surface area contributed by atoms with E-state index in [2.05, 4.69) is 166 Å². The van der Waals surface area contributed by atoms with Crippen molar-refractivity contribution < 1.29 is 81.4 Å². The summed E-state index contributed by atoms with van der Waals surface area (Å²) in [5, 5.41) is 104. The van der Waals surface area contributed by atoms with E-state index in [1.54, 1.807) is 0 Å². The fourth-order valence-electron chi connectivity index (χ4n) is 25.9. The topological polar surface area (TPSA) is 399 Å².